The van der Waals surface area contributed by atoms with Gasteiger partial charge in [-0.15, -0.1) is 13.2 Å². The van der Waals surface area contributed by atoms with Gasteiger partial charge in [0.05, 0.1) is 25.1 Å². The lowest BCUT2D eigenvalue weighted by atomic mass is 10.1. The molecule has 3 aromatic rings. The lowest BCUT2D eigenvalue weighted by Crippen LogP contribution is -2.37. The minimum absolute atomic E-state index is 0.263. The maximum Gasteiger partial charge on any atom is 0.573 e. The van der Waals surface area contributed by atoms with Crippen LogP contribution in [0.15, 0.2) is 42.9 Å². The number of aromatic nitrogens is 3. The Balaban J connectivity index is 1.68. The van der Waals surface area contributed by atoms with Crippen molar-refractivity contribution < 1.29 is 22.6 Å². The Hall–Kier alpha value is -2.81. The first-order valence-corrected chi connectivity index (χ1v) is 8.02. The standard InChI is InChI=1S/C17H15F3N4O2/c18-17(19,20)26-13-3-1-12(2-4-13)14-11-22-15(16-21-5-6-24(14)16)23-7-9-25-10-8-23/h1-6,11H,7-10H2. The molecule has 0 amide bonds. The van der Waals surface area contributed by atoms with E-state index >= 15 is 0 Å². The molecule has 9 heteroatoms. The summed E-state index contributed by atoms with van der Waals surface area (Å²) in [5.74, 6) is 0.500. The molecule has 0 saturated carbocycles. The summed E-state index contributed by atoms with van der Waals surface area (Å²) >= 11 is 0. The van der Waals surface area contributed by atoms with Gasteiger partial charge in [0.2, 0.25) is 0 Å². The van der Waals surface area contributed by atoms with E-state index in [4.69, 9.17) is 4.74 Å². The maximum absolute atomic E-state index is 12.3. The third-order valence-electron chi connectivity index (χ3n) is 4.10. The van der Waals surface area contributed by atoms with Gasteiger partial charge in [-0.1, -0.05) is 0 Å². The van der Waals surface area contributed by atoms with Crippen molar-refractivity contribution in [2.45, 2.75) is 6.36 Å². The van der Waals surface area contributed by atoms with Crippen LogP contribution < -0.4 is 9.64 Å². The minimum atomic E-state index is -4.71. The minimum Gasteiger partial charge on any atom is -0.406 e. The molecule has 1 aromatic carbocycles. The van der Waals surface area contributed by atoms with Gasteiger partial charge in [-0.3, -0.25) is 4.40 Å². The third kappa shape index (κ3) is 3.30. The number of rotatable bonds is 3. The molecule has 1 aliphatic rings. The Kier molecular flexibility index (Phi) is 4.15. The van der Waals surface area contributed by atoms with Crippen LogP contribution in [0.5, 0.6) is 5.75 Å². The summed E-state index contributed by atoms with van der Waals surface area (Å²) in [6, 6.07) is 5.68. The number of nitrogens with zero attached hydrogens (tertiary/aromatic N) is 4. The van der Waals surface area contributed by atoms with Crippen LogP contribution in [0.4, 0.5) is 19.0 Å². The number of hydrogen-bond donors (Lipinski definition) is 0. The normalized spacial score (nSPS) is 15.4. The second-order valence-electron chi connectivity index (χ2n) is 5.76. The molecular weight excluding hydrogens is 349 g/mol. The van der Waals surface area contributed by atoms with E-state index in [1.54, 1.807) is 30.7 Å². The number of alkyl halides is 3. The second-order valence-corrected chi connectivity index (χ2v) is 5.76. The van der Waals surface area contributed by atoms with Crippen LogP contribution in [0.25, 0.3) is 16.9 Å². The molecule has 6 nitrogen and oxygen atoms in total. The van der Waals surface area contributed by atoms with Crippen LogP contribution in [-0.4, -0.2) is 47.0 Å². The van der Waals surface area contributed by atoms with E-state index in [1.807, 2.05) is 4.40 Å². The number of imidazole rings is 1. The van der Waals surface area contributed by atoms with E-state index in [0.717, 1.165) is 24.6 Å². The van der Waals surface area contributed by atoms with Crippen molar-refractivity contribution in [2.75, 3.05) is 31.2 Å². The quantitative estimate of drug-likeness (QED) is 0.715. The molecular formula is C17H15F3N4O2. The number of morpholine rings is 1. The van der Waals surface area contributed by atoms with Gasteiger partial charge in [0.25, 0.3) is 0 Å². The van der Waals surface area contributed by atoms with Gasteiger partial charge >= 0.3 is 6.36 Å². The SMILES string of the molecule is FC(F)(F)Oc1ccc(-c2cnc(N3CCOCC3)c3nccn23)cc1. The fraction of sp³-hybridized carbons (Fsp3) is 0.294. The summed E-state index contributed by atoms with van der Waals surface area (Å²) in [5.41, 5.74) is 2.14. The Morgan fingerprint density at radius 2 is 1.77 bits per heavy atom. The first-order chi connectivity index (χ1) is 12.5. The topological polar surface area (TPSA) is 51.9 Å². The Morgan fingerprint density at radius 1 is 1.04 bits per heavy atom. The average Bonchev–Trinajstić information content (AvgIpc) is 3.11. The van der Waals surface area contributed by atoms with Gasteiger partial charge in [-0.05, 0) is 24.3 Å². The molecule has 136 valence electrons. The van der Waals surface area contributed by atoms with Crippen molar-refractivity contribution in [1.82, 2.24) is 14.4 Å². The average molecular weight is 364 g/mol. The van der Waals surface area contributed by atoms with Crippen LogP contribution in [0.1, 0.15) is 0 Å². The van der Waals surface area contributed by atoms with Gasteiger partial charge in [0.1, 0.15) is 5.75 Å². The zero-order chi connectivity index (χ0) is 18.1. The van der Waals surface area contributed by atoms with E-state index in [0.29, 0.717) is 24.4 Å². The van der Waals surface area contributed by atoms with Crippen LogP contribution in [-0.2, 0) is 4.74 Å². The molecule has 0 unspecified atom stereocenters. The van der Waals surface area contributed by atoms with Crippen LogP contribution >= 0.6 is 0 Å². The molecule has 26 heavy (non-hydrogen) atoms. The molecule has 0 radical (unpaired) electrons. The summed E-state index contributed by atoms with van der Waals surface area (Å²) in [6.07, 6.45) is 0.460. The van der Waals surface area contributed by atoms with Crippen molar-refractivity contribution in [1.29, 1.82) is 0 Å². The molecule has 1 aliphatic heterocycles. The van der Waals surface area contributed by atoms with Crippen molar-refractivity contribution >= 4 is 11.5 Å². The van der Waals surface area contributed by atoms with E-state index < -0.39 is 6.36 Å². The van der Waals surface area contributed by atoms with Gasteiger partial charge in [0.15, 0.2) is 11.5 Å². The molecule has 0 N–H and O–H groups in total. The van der Waals surface area contributed by atoms with Crippen LogP contribution in [0.2, 0.25) is 0 Å². The number of benzene rings is 1. The second kappa shape index (κ2) is 6.49. The van der Waals surface area contributed by atoms with Crippen molar-refractivity contribution in [3.63, 3.8) is 0 Å². The Morgan fingerprint density at radius 3 is 2.46 bits per heavy atom. The Bertz CT molecular complexity index is 903. The molecule has 0 atom stereocenters. The number of anilines is 1. The summed E-state index contributed by atoms with van der Waals surface area (Å²) < 4.78 is 48.0. The van der Waals surface area contributed by atoms with E-state index in [1.165, 1.54) is 12.1 Å². The first-order valence-electron chi connectivity index (χ1n) is 8.02. The number of ether oxygens (including phenoxy) is 2. The maximum atomic E-state index is 12.3. The summed E-state index contributed by atoms with van der Waals surface area (Å²) in [6.45, 7) is 2.74. The highest BCUT2D eigenvalue weighted by Crippen LogP contribution is 2.28. The zero-order valence-corrected chi connectivity index (χ0v) is 13.6. The predicted molar refractivity (Wildman–Crippen MR) is 88.1 cm³/mol. The predicted octanol–water partition coefficient (Wildman–Crippen LogP) is 3.13. The van der Waals surface area contributed by atoms with Crippen molar-refractivity contribution in [2.24, 2.45) is 0 Å². The summed E-state index contributed by atoms with van der Waals surface area (Å²) in [5, 5.41) is 0. The molecule has 0 aliphatic carbocycles. The molecule has 0 bridgehead atoms. The lowest BCUT2D eigenvalue weighted by Gasteiger charge is -2.28. The largest absolute Gasteiger partial charge is 0.573 e. The van der Waals surface area contributed by atoms with Gasteiger partial charge in [0, 0.05) is 31.0 Å². The molecule has 3 heterocycles. The van der Waals surface area contributed by atoms with Gasteiger partial charge < -0.3 is 14.4 Å². The van der Waals surface area contributed by atoms with Crippen LogP contribution in [0, 0.1) is 0 Å². The van der Waals surface area contributed by atoms with Gasteiger partial charge in [-0.2, -0.15) is 0 Å². The lowest BCUT2D eigenvalue weighted by molar-refractivity contribution is -0.274. The monoisotopic (exact) mass is 364 g/mol. The fourth-order valence-electron chi connectivity index (χ4n) is 2.94. The van der Waals surface area contributed by atoms with Crippen LogP contribution in [0.3, 0.4) is 0 Å². The smallest absolute Gasteiger partial charge is 0.406 e. The molecule has 2 aromatic heterocycles. The van der Waals surface area contributed by atoms with Crippen molar-refractivity contribution in [3.8, 4) is 17.0 Å². The van der Waals surface area contributed by atoms with Crippen molar-refractivity contribution in [3.05, 3.63) is 42.9 Å². The highest BCUT2D eigenvalue weighted by molar-refractivity contribution is 5.71. The number of fused-ring (bicyclic) bond motifs is 1. The Labute approximate surface area is 146 Å². The highest BCUT2D eigenvalue weighted by atomic mass is 19.4. The number of halogens is 3. The summed E-state index contributed by atoms with van der Waals surface area (Å²) in [7, 11) is 0. The zero-order valence-electron chi connectivity index (χ0n) is 13.6. The molecule has 0 spiro atoms. The molecule has 4 rings (SSSR count). The van der Waals surface area contributed by atoms with E-state index in [9.17, 15) is 13.2 Å². The first kappa shape index (κ1) is 16.6. The fourth-order valence-corrected chi connectivity index (χ4v) is 2.94. The number of hydrogen-bond acceptors (Lipinski definition) is 5. The summed E-state index contributed by atoms with van der Waals surface area (Å²) in [4.78, 5) is 11.0. The highest BCUT2D eigenvalue weighted by Gasteiger charge is 2.31. The molecule has 1 fully saturated rings. The third-order valence-corrected chi connectivity index (χ3v) is 4.10. The van der Waals surface area contributed by atoms with E-state index in [-0.39, 0.29) is 5.75 Å². The van der Waals surface area contributed by atoms with Gasteiger partial charge in [-0.25, -0.2) is 9.97 Å². The van der Waals surface area contributed by atoms with E-state index in [2.05, 4.69) is 19.6 Å². The molecule has 1 saturated heterocycles.